The highest BCUT2D eigenvalue weighted by Gasteiger charge is 2.23. The number of nitrogens with zero attached hydrogens (tertiary/aromatic N) is 1. The van der Waals surface area contributed by atoms with Crippen molar-refractivity contribution in [3.05, 3.63) is 0 Å². The van der Waals surface area contributed by atoms with Gasteiger partial charge in [0.05, 0.1) is 0 Å². The molecular formula is C6H17N3O. The summed E-state index contributed by atoms with van der Waals surface area (Å²) in [6.07, 6.45) is 1.04. The minimum absolute atomic E-state index is 0. The largest absolute Gasteiger partial charge is 0.346 e. The average molecular weight is 147 g/mol. The third-order valence-corrected chi connectivity index (χ3v) is 1.70. The molecule has 4 heteroatoms. The van der Waals surface area contributed by atoms with E-state index in [2.05, 4.69) is 0 Å². The Hall–Kier alpha value is -0.610. The van der Waals surface area contributed by atoms with Crippen molar-refractivity contribution in [3.63, 3.8) is 0 Å². The fourth-order valence-corrected chi connectivity index (χ4v) is 0.997. The zero-order valence-corrected chi connectivity index (χ0v) is 6.76. The van der Waals surface area contributed by atoms with Crippen LogP contribution in [0.5, 0.6) is 0 Å². The molecule has 0 saturated carbocycles. The number of likely N-dealkylation sites (tertiary alicyclic amines) is 1. The highest BCUT2D eigenvalue weighted by Crippen LogP contribution is 2.13. The van der Waals surface area contributed by atoms with E-state index in [0.29, 0.717) is 5.91 Å². The molecule has 0 bridgehead atoms. The lowest BCUT2D eigenvalue weighted by molar-refractivity contribution is -0.129. The number of carbonyl (C=O) groups excluding carboxylic acids is 1. The fraction of sp³-hybridized carbons (Fsp3) is 0.833. The van der Waals surface area contributed by atoms with Crippen LogP contribution < -0.4 is 12.3 Å². The maximum Gasteiger partial charge on any atom is 0.225 e. The minimum Gasteiger partial charge on any atom is -0.346 e. The molecule has 1 rings (SSSR count). The second-order valence-electron chi connectivity index (χ2n) is 2.45. The Morgan fingerprint density at radius 2 is 2.00 bits per heavy atom. The lowest BCUT2D eigenvalue weighted by Gasteiger charge is -2.05. The molecule has 0 aromatic heterocycles. The van der Waals surface area contributed by atoms with Crippen LogP contribution in [0.25, 0.3) is 0 Å². The number of rotatable bonds is 0. The summed E-state index contributed by atoms with van der Waals surface area (Å²) in [5.41, 5.74) is 0. The van der Waals surface area contributed by atoms with Gasteiger partial charge < -0.3 is 17.2 Å². The van der Waals surface area contributed by atoms with Gasteiger partial charge in [0.25, 0.3) is 0 Å². The van der Waals surface area contributed by atoms with Crippen molar-refractivity contribution in [3.8, 4) is 0 Å². The molecule has 1 heterocycles. The summed E-state index contributed by atoms with van der Waals surface area (Å²) in [6.45, 7) is 2.92. The summed E-state index contributed by atoms with van der Waals surface area (Å²) >= 11 is 0. The first-order chi connectivity index (χ1) is 3.72. The van der Waals surface area contributed by atoms with Crippen molar-refractivity contribution in [2.24, 2.45) is 5.92 Å². The quantitative estimate of drug-likeness (QED) is 0.531. The Bertz CT molecular complexity index is 104. The predicted molar refractivity (Wildman–Crippen MR) is 41.5 cm³/mol. The molecule has 1 aliphatic rings. The summed E-state index contributed by atoms with van der Waals surface area (Å²) < 4.78 is 0. The highest BCUT2D eigenvalue weighted by molar-refractivity contribution is 5.80. The Morgan fingerprint density at radius 1 is 1.50 bits per heavy atom. The van der Waals surface area contributed by atoms with Gasteiger partial charge in [-0.3, -0.25) is 4.79 Å². The van der Waals surface area contributed by atoms with Crippen molar-refractivity contribution < 1.29 is 4.79 Å². The summed E-state index contributed by atoms with van der Waals surface area (Å²) in [4.78, 5) is 12.6. The van der Waals surface area contributed by atoms with Crippen molar-refractivity contribution >= 4 is 5.91 Å². The van der Waals surface area contributed by atoms with E-state index >= 15 is 0 Å². The molecule has 0 aliphatic carbocycles. The lowest BCUT2D eigenvalue weighted by atomic mass is 10.1. The summed E-state index contributed by atoms with van der Waals surface area (Å²) in [7, 11) is 1.85. The van der Waals surface area contributed by atoms with E-state index in [0.717, 1.165) is 13.0 Å². The van der Waals surface area contributed by atoms with E-state index in [1.807, 2.05) is 14.0 Å². The van der Waals surface area contributed by atoms with Crippen LogP contribution in [0.1, 0.15) is 13.3 Å². The monoisotopic (exact) mass is 147 g/mol. The fourth-order valence-electron chi connectivity index (χ4n) is 0.997. The van der Waals surface area contributed by atoms with Crippen molar-refractivity contribution in [1.29, 1.82) is 0 Å². The first-order valence-electron chi connectivity index (χ1n) is 2.97. The third-order valence-electron chi connectivity index (χ3n) is 1.70. The number of carbonyl (C=O) groups is 1. The first kappa shape index (κ1) is 12.1. The van der Waals surface area contributed by atoms with E-state index < -0.39 is 0 Å². The van der Waals surface area contributed by atoms with Crippen LogP contribution in [-0.4, -0.2) is 24.4 Å². The number of hydrogen-bond acceptors (Lipinski definition) is 3. The van der Waals surface area contributed by atoms with Gasteiger partial charge in [0, 0.05) is 19.5 Å². The second kappa shape index (κ2) is 4.24. The second-order valence-corrected chi connectivity index (χ2v) is 2.45. The van der Waals surface area contributed by atoms with Crippen LogP contribution in [-0.2, 0) is 4.79 Å². The molecule has 0 radical (unpaired) electrons. The first-order valence-corrected chi connectivity index (χ1v) is 2.97. The van der Waals surface area contributed by atoms with Crippen molar-refractivity contribution in [2.75, 3.05) is 13.6 Å². The smallest absolute Gasteiger partial charge is 0.225 e. The molecule has 1 amide bonds. The maximum absolute atomic E-state index is 10.8. The summed E-state index contributed by atoms with van der Waals surface area (Å²) in [5.74, 6) is 0.574. The van der Waals surface area contributed by atoms with E-state index in [9.17, 15) is 4.79 Å². The van der Waals surface area contributed by atoms with Crippen LogP contribution in [0.15, 0.2) is 0 Å². The predicted octanol–water partition coefficient (Wildman–Crippen LogP) is 0.809. The normalized spacial score (nSPS) is 23.6. The summed E-state index contributed by atoms with van der Waals surface area (Å²) in [6, 6.07) is 0. The standard InChI is InChI=1S/C6H11NO.2H3N/c1-5-3-4-7(2)6(5)8;;/h5H,3-4H2,1-2H3;2*1H3. The molecule has 6 N–H and O–H groups in total. The van der Waals surface area contributed by atoms with Gasteiger partial charge in [-0.25, -0.2) is 0 Å². The van der Waals surface area contributed by atoms with Crippen LogP contribution in [0, 0.1) is 5.92 Å². The van der Waals surface area contributed by atoms with Gasteiger partial charge >= 0.3 is 0 Å². The maximum atomic E-state index is 10.8. The van der Waals surface area contributed by atoms with Gasteiger partial charge in [0.15, 0.2) is 0 Å². The molecule has 0 spiro atoms. The molecule has 0 aromatic rings. The van der Waals surface area contributed by atoms with E-state index in [4.69, 9.17) is 0 Å². The zero-order chi connectivity index (χ0) is 6.15. The molecule has 1 atom stereocenters. The van der Waals surface area contributed by atoms with Crippen LogP contribution in [0.4, 0.5) is 0 Å². The van der Waals surface area contributed by atoms with Gasteiger partial charge in [-0.1, -0.05) is 6.92 Å². The van der Waals surface area contributed by atoms with Crippen molar-refractivity contribution in [1.82, 2.24) is 17.2 Å². The topological polar surface area (TPSA) is 90.3 Å². The number of amides is 1. The lowest BCUT2D eigenvalue weighted by Crippen LogP contribution is -2.21. The Balaban J connectivity index is 0. The van der Waals surface area contributed by atoms with Gasteiger partial charge in [-0.2, -0.15) is 0 Å². The van der Waals surface area contributed by atoms with E-state index in [1.165, 1.54) is 0 Å². The molecule has 4 nitrogen and oxygen atoms in total. The average Bonchev–Trinajstić information content (AvgIpc) is 1.98. The highest BCUT2D eigenvalue weighted by atomic mass is 16.2. The van der Waals surface area contributed by atoms with Gasteiger partial charge in [-0.15, -0.1) is 0 Å². The van der Waals surface area contributed by atoms with E-state index in [1.54, 1.807) is 4.90 Å². The SMILES string of the molecule is CC1CCN(C)C1=O.N.N. The Kier molecular flexibility index (Phi) is 5.14. The van der Waals surface area contributed by atoms with Crippen LogP contribution in [0.3, 0.4) is 0 Å². The van der Waals surface area contributed by atoms with Crippen LogP contribution in [0.2, 0.25) is 0 Å². The third kappa shape index (κ3) is 1.97. The molecular weight excluding hydrogens is 130 g/mol. The van der Waals surface area contributed by atoms with Gasteiger partial charge in [0.2, 0.25) is 5.91 Å². The Labute approximate surface area is 61.8 Å². The summed E-state index contributed by atoms with van der Waals surface area (Å²) in [5, 5.41) is 0. The zero-order valence-electron chi connectivity index (χ0n) is 6.76. The molecule has 62 valence electrons. The van der Waals surface area contributed by atoms with Crippen LogP contribution >= 0.6 is 0 Å². The Morgan fingerprint density at radius 3 is 2.10 bits per heavy atom. The molecule has 1 aliphatic heterocycles. The van der Waals surface area contributed by atoms with Gasteiger partial charge in [-0.05, 0) is 6.42 Å². The molecule has 0 aromatic carbocycles. The van der Waals surface area contributed by atoms with E-state index in [-0.39, 0.29) is 18.2 Å². The van der Waals surface area contributed by atoms with Crippen molar-refractivity contribution in [2.45, 2.75) is 13.3 Å². The van der Waals surface area contributed by atoms with Gasteiger partial charge in [0.1, 0.15) is 0 Å². The minimum atomic E-state index is 0. The molecule has 1 unspecified atom stereocenters. The molecule has 1 fully saturated rings. The molecule has 10 heavy (non-hydrogen) atoms. The number of hydrogen-bond donors (Lipinski definition) is 2. The molecule has 1 saturated heterocycles.